The molecule has 15 heavy (non-hydrogen) atoms. The summed E-state index contributed by atoms with van der Waals surface area (Å²) in [6.07, 6.45) is 3.34. The maximum Gasteiger partial charge on any atom is 0.140 e. The van der Waals surface area contributed by atoms with Crippen LogP contribution in [0.5, 0.6) is 0 Å². The van der Waals surface area contributed by atoms with Crippen molar-refractivity contribution in [2.45, 2.75) is 53.0 Å². The first-order valence-corrected chi connectivity index (χ1v) is 6.22. The van der Waals surface area contributed by atoms with E-state index < -0.39 is 0 Å². The van der Waals surface area contributed by atoms with Crippen LogP contribution in [0.1, 0.15) is 47.0 Å². The largest absolute Gasteiger partial charge is 0.327 e. The van der Waals surface area contributed by atoms with Crippen LogP contribution in [0.25, 0.3) is 0 Å². The molecule has 0 amide bonds. The van der Waals surface area contributed by atoms with E-state index in [0.717, 1.165) is 18.8 Å². The van der Waals surface area contributed by atoms with Gasteiger partial charge in [-0.2, -0.15) is 0 Å². The van der Waals surface area contributed by atoms with E-state index in [9.17, 15) is 4.79 Å². The lowest BCUT2D eigenvalue weighted by Gasteiger charge is -2.33. The fourth-order valence-electron chi connectivity index (χ4n) is 2.44. The highest BCUT2D eigenvalue weighted by Crippen LogP contribution is 2.35. The van der Waals surface area contributed by atoms with Gasteiger partial charge in [-0.25, -0.2) is 0 Å². The Labute approximate surface area is 93.6 Å². The molecule has 0 spiro atoms. The van der Waals surface area contributed by atoms with Gasteiger partial charge in [0.2, 0.25) is 0 Å². The van der Waals surface area contributed by atoms with Crippen LogP contribution in [-0.2, 0) is 4.79 Å². The van der Waals surface area contributed by atoms with Gasteiger partial charge < -0.3 is 5.73 Å². The second-order valence-corrected chi connectivity index (χ2v) is 5.51. The van der Waals surface area contributed by atoms with E-state index in [1.165, 1.54) is 6.42 Å². The molecule has 88 valence electrons. The highest BCUT2D eigenvalue weighted by atomic mass is 16.1. The molecule has 0 radical (unpaired) electrons. The van der Waals surface area contributed by atoms with Crippen LogP contribution in [-0.4, -0.2) is 11.8 Å². The molecule has 1 rings (SSSR count). The summed E-state index contributed by atoms with van der Waals surface area (Å²) in [4.78, 5) is 12.1. The van der Waals surface area contributed by atoms with E-state index in [2.05, 4.69) is 13.8 Å². The molecule has 0 aromatic rings. The molecule has 0 aromatic heterocycles. The molecule has 1 aliphatic rings. The SMILES string of the molecule is CC(N)C(C)C(=O)C1CCC(C)C(C)C1. The van der Waals surface area contributed by atoms with Crippen molar-refractivity contribution in [2.24, 2.45) is 29.4 Å². The molecule has 2 nitrogen and oxygen atoms in total. The Bertz CT molecular complexity index is 225. The fraction of sp³-hybridized carbons (Fsp3) is 0.923. The molecule has 1 fully saturated rings. The van der Waals surface area contributed by atoms with E-state index in [1.54, 1.807) is 0 Å². The Morgan fingerprint density at radius 1 is 1.20 bits per heavy atom. The first kappa shape index (κ1) is 12.7. The van der Waals surface area contributed by atoms with Crippen molar-refractivity contribution in [3.8, 4) is 0 Å². The van der Waals surface area contributed by atoms with Crippen LogP contribution in [0.4, 0.5) is 0 Å². The highest BCUT2D eigenvalue weighted by molar-refractivity contribution is 5.83. The first-order chi connectivity index (χ1) is 6.93. The smallest absolute Gasteiger partial charge is 0.140 e. The number of ketones is 1. The fourth-order valence-corrected chi connectivity index (χ4v) is 2.44. The van der Waals surface area contributed by atoms with Crippen LogP contribution in [0.15, 0.2) is 0 Å². The van der Waals surface area contributed by atoms with E-state index in [0.29, 0.717) is 11.7 Å². The van der Waals surface area contributed by atoms with Crippen molar-refractivity contribution >= 4 is 5.78 Å². The van der Waals surface area contributed by atoms with Crippen LogP contribution < -0.4 is 5.73 Å². The quantitative estimate of drug-likeness (QED) is 0.779. The molecular formula is C13H25NO. The maximum atomic E-state index is 12.1. The minimum absolute atomic E-state index is 0.00726. The average Bonchev–Trinajstić information content (AvgIpc) is 2.19. The van der Waals surface area contributed by atoms with Crippen molar-refractivity contribution in [1.29, 1.82) is 0 Å². The summed E-state index contributed by atoms with van der Waals surface area (Å²) in [7, 11) is 0. The predicted octanol–water partition coefficient (Wildman–Crippen LogP) is 2.61. The maximum absolute atomic E-state index is 12.1. The molecule has 0 saturated heterocycles. The summed E-state index contributed by atoms with van der Waals surface area (Å²) in [6, 6.07) is -0.00726. The number of hydrogen-bond donors (Lipinski definition) is 1. The zero-order valence-electron chi connectivity index (χ0n) is 10.5. The summed E-state index contributed by atoms with van der Waals surface area (Å²) in [5.74, 6) is 2.16. The van der Waals surface area contributed by atoms with Crippen molar-refractivity contribution in [3.05, 3.63) is 0 Å². The average molecular weight is 211 g/mol. The number of hydrogen-bond acceptors (Lipinski definition) is 2. The van der Waals surface area contributed by atoms with Gasteiger partial charge in [0.1, 0.15) is 5.78 Å². The van der Waals surface area contributed by atoms with Crippen LogP contribution in [0.3, 0.4) is 0 Å². The minimum atomic E-state index is -0.00726. The molecule has 0 aromatic carbocycles. The molecule has 5 atom stereocenters. The summed E-state index contributed by atoms with van der Waals surface area (Å²) in [5.41, 5.74) is 5.78. The molecule has 1 saturated carbocycles. The molecular weight excluding hydrogens is 186 g/mol. The van der Waals surface area contributed by atoms with E-state index in [4.69, 9.17) is 5.73 Å². The predicted molar refractivity (Wildman–Crippen MR) is 63.5 cm³/mol. The Balaban J connectivity index is 2.54. The Kier molecular flexibility index (Phi) is 4.32. The van der Waals surface area contributed by atoms with Crippen molar-refractivity contribution in [3.63, 3.8) is 0 Å². The first-order valence-electron chi connectivity index (χ1n) is 6.22. The molecule has 1 aliphatic carbocycles. The zero-order valence-corrected chi connectivity index (χ0v) is 10.5. The number of carbonyl (C=O) groups is 1. The van der Waals surface area contributed by atoms with Gasteiger partial charge in [-0.3, -0.25) is 4.79 Å². The van der Waals surface area contributed by atoms with Gasteiger partial charge in [0.25, 0.3) is 0 Å². The van der Waals surface area contributed by atoms with Crippen molar-refractivity contribution < 1.29 is 4.79 Å². The summed E-state index contributed by atoms with van der Waals surface area (Å²) >= 11 is 0. The zero-order chi connectivity index (χ0) is 11.6. The number of rotatable bonds is 3. The minimum Gasteiger partial charge on any atom is -0.327 e. The summed E-state index contributed by atoms with van der Waals surface area (Å²) < 4.78 is 0. The van der Waals surface area contributed by atoms with E-state index in [1.807, 2.05) is 13.8 Å². The second-order valence-electron chi connectivity index (χ2n) is 5.51. The topological polar surface area (TPSA) is 43.1 Å². The van der Waals surface area contributed by atoms with Crippen LogP contribution in [0.2, 0.25) is 0 Å². The standard InChI is InChI=1S/C13H25NO/c1-8-5-6-12(7-9(8)2)13(15)10(3)11(4)14/h8-12H,5-7,14H2,1-4H3. The van der Waals surface area contributed by atoms with Crippen molar-refractivity contribution in [2.75, 3.05) is 0 Å². The third-order valence-electron chi connectivity index (χ3n) is 4.24. The summed E-state index contributed by atoms with van der Waals surface area (Å²) in [6.45, 7) is 8.45. The number of carbonyl (C=O) groups excluding carboxylic acids is 1. The highest BCUT2D eigenvalue weighted by Gasteiger charge is 2.32. The lowest BCUT2D eigenvalue weighted by Crippen LogP contribution is -2.37. The van der Waals surface area contributed by atoms with E-state index >= 15 is 0 Å². The normalized spacial score (nSPS) is 35.9. The Morgan fingerprint density at radius 3 is 2.27 bits per heavy atom. The Hall–Kier alpha value is -0.370. The van der Waals surface area contributed by atoms with Gasteiger partial charge in [0, 0.05) is 17.9 Å². The van der Waals surface area contributed by atoms with Gasteiger partial charge in [-0.1, -0.05) is 20.8 Å². The van der Waals surface area contributed by atoms with Gasteiger partial charge in [0.05, 0.1) is 0 Å². The number of nitrogens with two attached hydrogens (primary N) is 1. The molecule has 2 heteroatoms. The molecule has 0 aliphatic heterocycles. The number of Topliss-reactive ketones (excluding diaryl/α,β-unsaturated/α-hetero) is 1. The monoisotopic (exact) mass is 211 g/mol. The van der Waals surface area contributed by atoms with Gasteiger partial charge in [0.15, 0.2) is 0 Å². The Morgan fingerprint density at radius 2 is 1.80 bits per heavy atom. The lowest BCUT2D eigenvalue weighted by molar-refractivity contribution is -0.128. The molecule has 0 bridgehead atoms. The van der Waals surface area contributed by atoms with E-state index in [-0.39, 0.29) is 17.9 Å². The van der Waals surface area contributed by atoms with Gasteiger partial charge in [-0.05, 0) is 38.0 Å². The molecule has 0 heterocycles. The third-order valence-corrected chi connectivity index (χ3v) is 4.24. The van der Waals surface area contributed by atoms with Crippen LogP contribution in [0, 0.1) is 23.7 Å². The van der Waals surface area contributed by atoms with Gasteiger partial charge in [-0.15, -0.1) is 0 Å². The molecule has 2 N–H and O–H groups in total. The lowest BCUT2D eigenvalue weighted by atomic mass is 9.72. The second kappa shape index (κ2) is 5.11. The molecule has 5 unspecified atom stereocenters. The third kappa shape index (κ3) is 3.04. The van der Waals surface area contributed by atoms with Gasteiger partial charge >= 0.3 is 0 Å². The summed E-state index contributed by atoms with van der Waals surface area (Å²) in [5, 5.41) is 0. The van der Waals surface area contributed by atoms with Crippen molar-refractivity contribution in [1.82, 2.24) is 0 Å². The van der Waals surface area contributed by atoms with Crippen LogP contribution >= 0.6 is 0 Å².